The monoisotopic (exact) mass is 530 g/mol. The van der Waals surface area contributed by atoms with Crippen LogP contribution in [0.3, 0.4) is 0 Å². The molecule has 3 aliphatic carbocycles. The number of carbonyl (C=O) groups excluding carboxylic acids is 2. The first-order valence-electron chi connectivity index (χ1n) is 14.2. The Bertz CT molecular complexity index is 1200. The molecule has 0 radical (unpaired) electrons. The fraction of sp³-hybridized carbons (Fsp3) is 0.500. The zero-order valence-corrected chi connectivity index (χ0v) is 23.8. The number of fused-ring (bicyclic) bond motifs is 1. The van der Waals surface area contributed by atoms with Crippen molar-refractivity contribution in [3.8, 4) is 5.75 Å². The number of ether oxygens (including phenoxy) is 1. The lowest BCUT2D eigenvalue weighted by molar-refractivity contribution is -0.0105. The lowest BCUT2D eigenvalue weighted by Crippen LogP contribution is -2.52. The molecule has 7 nitrogen and oxygen atoms in total. The largest absolute Gasteiger partial charge is 0.497 e. The van der Waals surface area contributed by atoms with Gasteiger partial charge in [-0.25, -0.2) is 4.79 Å². The van der Waals surface area contributed by atoms with Crippen LogP contribution in [0.5, 0.6) is 5.75 Å². The molecule has 1 saturated carbocycles. The van der Waals surface area contributed by atoms with Crippen LogP contribution in [0.2, 0.25) is 0 Å². The Hall–Kier alpha value is -3.32. The van der Waals surface area contributed by atoms with E-state index in [0.29, 0.717) is 43.1 Å². The number of rotatable bonds is 8. The van der Waals surface area contributed by atoms with Crippen LogP contribution in [0.15, 0.2) is 60.2 Å². The standard InChI is InChI=1S/C32H42N4O3/c1-23-5-11-27(12-6-23)33-31(38)35-18-15-34(16-19-35)17-20-36(30(37)24-8-13-28(39-4)14-9-24)22-25-7-10-26-21-29(25)32(26,2)3/h5-9,11-14,26,29H,10,15-22H2,1-4H3,(H,33,38). The maximum absolute atomic E-state index is 13.7. The minimum absolute atomic E-state index is 0.0551. The van der Waals surface area contributed by atoms with Crippen LogP contribution in [-0.4, -0.2) is 79.6 Å². The molecule has 2 atom stereocenters. The van der Waals surface area contributed by atoms with Crippen molar-refractivity contribution in [3.63, 3.8) is 0 Å². The van der Waals surface area contributed by atoms with Crippen molar-refractivity contribution in [1.29, 1.82) is 0 Å². The molecule has 2 aromatic rings. The molecule has 7 heteroatoms. The van der Waals surface area contributed by atoms with Crippen molar-refractivity contribution < 1.29 is 14.3 Å². The fourth-order valence-electron chi connectivity index (χ4n) is 6.32. The van der Waals surface area contributed by atoms with Gasteiger partial charge in [0.15, 0.2) is 0 Å². The van der Waals surface area contributed by atoms with Crippen molar-refractivity contribution in [2.75, 3.05) is 58.2 Å². The molecule has 2 unspecified atom stereocenters. The van der Waals surface area contributed by atoms with Gasteiger partial charge in [0, 0.05) is 57.1 Å². The van der Waals surface area contributed by atoms with Crippen LogP contribution in [0.1, 0.15) is 42.6 Å². The van der Waals surface area contributed by atoms with Gasteiger partial charge in [0.25, 0.3) is 5.91 Å². The number of amides is 3. The van der Waals surface area contributed by atoms with Crippen molar-refractivity contribution in [1.82, 2.24) is 14.7 Å². The molecule has 0 spiro atoms. The van der Waals surface area contributed by atoms with Crippen molar-refractivity contribution in [2.45, 2.75) is 33.6 Å². The molecule has 0 aromatic heterocycles. The first kappa shape index (κ1) is 27.3. The van der Waals surface area contributed by atoms with Gasteiger partial charge in [-0.1, -0.05) is 43.2 Å². The van der Waals surface area contributed by atoms with Gasteiger partial charge in [-0.3, -0.25) is 9.69 Å². The number of urea groups is 1. The molecule has 2 fully saturated rings. The number of carbonyl (C=O) groups is 2. The molecular formula is C32H42N4O3. The first-order valence-corrected chi connectivity index (χ1v) is 14.2. The summed E-state index contributed by atoms with van der Waals surface area (Å²) >= 11 is 0. The van der Waals surface area contributed by atoms with Crippen LogP contribution < -0.4 is 10.1 Å². The Morgan fingerprint density at radius 3 is 2.33 bits per heavy atom. The average molecular weight is 531 g/mol. The maximum Gasteiger partial charge on any atom is 0.321 e. The molecule has 2 aromatic carbocycles. The van der Waals surface area contributed by atoms with Gasteiger partial charge < -0.3 is 19.9 Å². The third-order valence-corrected chi connectivity index (χ3v) is 9.23. The number of allylic oxidation sites excluding steroid dienone is 1. The van der Waals surface area contributed by atoms with Crippen LogP contribution >= 0.6 is 0 Å². The summed E-state index contributed by atoms with van der Waals surface area (Å²) in [4.78, 5) is 32.7. The third kappa shape index (κ3) is 5.98. The average Bonchev–Trinajstić information content (AvgIpc) is 2.96. The number of hydrogen-bond acceptors (Lipinski definition) is 4. The number of benzene rings is 2. The van der Waals surface area contributed by atoms with Gasteiger partial charge in [0.05, 0.1) is 7.11 Å². The topological polar surface area (TPSA) is 65.1 Å². The van der Waals surface area contributed by atoms with Crippen molar-refractivity contribution in [3.05, 3.63) is 71.3 Å². The molecule has 3 amide bonds. The van der Waals surface area contributed by atoms with Crippen molar-refractivity contribution in [2.24, 2.45) is 17.3 Å². The quantitative estimate of drug-likeness (QED) is 0.471. The lowest BCUT2D eigenvalue weighted by atomic mass is 9.49. The van der Waals surface area contributed by atoms with Crippen LogP contribution in [0.4, 0.5) is 10.5 Å². The zero-order chi connectivity index (χ0) is 27.6. The number of nitrogens with zero attached hydrogens (tertiary/aromatic N) is 3. The lowest BCUT2D eigenvalue weighted by Gasteiger charge is -2.57. The third-order valence-electron chi connectivity index (χ3n) is 9.23. The van der Waals surface area contributed by atoms with E-state index in [9.17, 15) is 9.59 Å². The van der Waals surface area contributed by atoms with Gasteiger partial charge >= 0.3 is 6.03 Å². The predicted molar refractivity (Wildman–Crippen MR) is 155 cm³/mol. The number of hydrogen-bond donors (Lipinski definition) is 1. The molecular weight excluding hydrogens is 488 g/mol. The van der Waals surface area contributed by atoms with Gasteiger partial charge in [-0.2, -0.15) is 0 Å². The Kier molecular flexibility index (Phi) is 7.98. The molecule has 6 rings (SSSR count). The van der Waals surface area contributed by atoms with Gasteiger partial charge in [-0.05, 0) is 73.4 Å². The highest BCUT2D eigenvalue weighted by molar-refractivity contribution is 5.94. The number of anilines is 1. The minimum Gasteiger partial charge on any atom is -0.497 e. The number of piperazine rings is 1. The minimum atomic E-state index is -0.0551. The van der Waals surface area contributed by atoms with Gasteiger partial charge in [0.1, 0.15) is 5.75 Å². The predicted octanol–water partition coefficient (Wildman–Crippen LogP) is 5.29. The molecule has 1 N–H and O–H groups in total. The van der Waals surface area contributed by atoms with Crippen LogP contribution in [-0.2, 0) is 0 Å². The maximum atomic E-state index is 13.7. The highest BCUT2D eigenvalue weighted by Crippen LogP contribution is 2.59. The van der Waals surface area contributed by atoms with Crippen molar-refractivity contribution >= 4 is 17.6 Å². The Labute approximate surface area is 232 Å². The first-order chi connectivity index (χ1) is 18.7. The summed E-state index contributed by atoms with van der Waals surface area (Å²) in [5.74, 6) is 2.16. The molecule has 1 aliphatic heterocycles. The van der Waals surface area contributed by atoms with Crippen LogP contribution in [0, 0.1) is 24.2 Å². The number of methoxy groups -OCH3 is 1. The summed E-state index contributed by atoms with van der Waals surface area (Å²) in [6.45, 7) is 11.9. The molecule has 2 bridgehead atoms. The summed E-state index contributed by atoms with van der Waals surface area (Å²) in [5.41, 5.74) is 4.42. The second-order valence-corrected chi connectivity index (χ2v) is 11.9. The Balaban J connectivity index is 1.19. The molecule has 1 saturated heterocycles. The number of aryl methyl sites for hydroxylation is 1. The van der Waals surface area contributed by atoms with E-state index >= 15 is 0 Å². The molecule has 4 aliphatic rings. The summed E-state index contributed by atoms with van der Waals surface area (Å²) in [6.07, 6.45) is 4.76. The Morgan fingerprint density at radius 2 is 1.72 bits per heavy atom. The van der Waals surface area contributed by atoms with E-state index < -0.39 is 0 Å². The highest BCUT2D eigenvalue weighted by Gasteiger charge is 2.51. The van der Waals surface area contributed by atoms with E-state index in [-0.39, 0.29) is 11.9 Å². The summed E-state index contributed by atoms with van der Waals surface area (Å²) < 4.78 is 5.29. The zero-order valence-electron chi connectivity index (χ0n) is 23.8. The highest BCUT2D eigenvalue weighted by atomic mass is 16.5. The van der Waals surface area contributed by atoms with Gasteiger partial charge in [0.2, 0.25) is 0 Å². The Morgan fingerprint density at radius 1 is 1.03 bits per heavy atom. The van der Waals surface area contributed by atoms with E-state index in [1.807, 2.05) is 65.3 Å². The fourth-order valence-corrected chi connectivity index (χ4v) is 6.32. The van der Waals surface area contributed by atoms with E-state index in [0.717, 1.165) is 43.4 Å². The number of nitrogens with one attached hydrogen (secondary N) is 1. The second kappa shape index (κ2) is 11.4. The smallest absolute Gasteiger partial charge is 0.321 e. The molecule has 39 heavy (non-hydrogen) atoms. The normalized spacial score (nSPS) is 21.9. The van der Waals surface area contributed by atoms with E-state index in [1.165, 1.54) is 17.6 Å². The summed E-state index contributed by atoms with van der Waals surface area (Å²) in [7, 11) is 1.64. The summed E-state index contributed by atoms with van der Waals surface area (Å²) in [6, 6.07) is 15.2. The van der Waals surface area contributed by atoms with E-state index in [2.05, 4.69) is 30.1 Å². The van der Waals surface area contributed by atoms with Crippen LogP contribution in [0.25, 0.3) is 0 Å². The summed E-state index contributed by atoms with van der Waals surface area (Å²) in [5, 5.41) is 3.01. The second-order valence-electron chi connectivity index (χ2n) is 11.9. The molecule has 208 valence electrons. The van der Waals surface area contributed by atoms with E-state index in [1.54, 1.807) is 7.11 Å². The SMILES string of the molecule is COc1ccc(C(=O)N(CCN2CCN(C(=O)Nc3ccc(C)cc3)CC2)CC2=CCC3CC2C3(C)C)cc1. The molecule has 1 heterocycles. The van der Waals surface area contributed by atoms with Gasteiger partial charge in [-0.15, -0.1) is 0 Å². The van der Waals surface area contributed by atoms with E-state index in [4.69, 9.17) is 4.74 Å².